The topological polar surface area (TPSA) is 77.0 Å². The molecule has 1 aliphatic rings. The van der Waals surface area contributed by atoms with Crippen molar-refractivity contribution in [2.45, 2.75) is 20.3 Å². The lowest BCUT2D eigenvalue weighted by atomic mass is 9.90. The highest BCUT2D eigenvalue weighted by atomic mass is 16.2. The fraction of sp³-hybridized carbons (Fsp3) is 0.533. The Morgan fingerprint density at radius 2 is 2.29 bits per heavy atom. The Morgan fingerprint density at radius 3 is 2.95 bits per heavy atom. The van der Waals surface area contributed by atoms with Gasteiger partial charge in [-0.2, -0.15) is 5.10 Å². The first-order chi connectivity index (χ1) is 9.93. The molecule has 1 fully saturated rings. The molecule has 0 saturated carbocycles. The summed E-state index contributed by atoms with van der Waals surface area (Å²) in [6, 6.07) is 1.85. The van der Waals surface area contributed by atoms with Gasteiger partial charge in [0.25, 0.3) is 5.91 Å². The highest BCUT2D eigenvalue weighted by molar-refractivity contribution is 6.05. The first-order valence-electron chi connectivity index (χ1n) is 7.22. The molecule has 21 heavy (non-hydrogen) atoms. The van der Waals surface area contributed by atoms with Gasteiger partial charge in [0.15, 0.2) is 5.65 Å². The van der Waals surface area contributed by atoms with E-state index in [0.29, 0.717) is 18.7 Å². The van der Waals surface area contributed by atoms with Gasteiger partial charge in [-0.1, -0.05) is 6.92 Å². The molecule has 2 N–H and O–H groups in total. The monoisotopic (exact) mass is 287 g/mol. The number of hydrogen-bond acceptors (Lipinski definition) is 4. The molecule has 0 radical (unpaired) electrons. The number of likely N-dealkylation sites (tertiary alicyclic amines) is 1. The minimum atomic E-state index is 0.0335. The number of hydrogen-bond donors (Lipinski definition) is 1. The molecule has 2 aromatic heterocycles. The zero-order valence-electron chi connectivity index (χ0n) is 12.8. The van der Waals surface area contributed by atoms with Crippen molar-refractivity contribution in [1.29, 1.82) is 0 Å². The van der Waals surface area contributed by atoms with Crippen LogP contribution in [-0.4, -0.2) is 45.2 Å². The van der Waals surface area contributed by atoms with Gasteiger partial charge in [0, 0.05) is 25.8 Å². The van der Waals surface area contributed by atoms with Gasteiger partial charge in [0.2, 0.25) is 0 Å². The highest BCUT2D eigenvalue weighted by Gasteiger charge is 2.35. The van der Waals surface area contributed by atoms with Crippen LogP contribution in [0.15, 0.2) is 12.3 Å². The average molecular weight is 287 g/mol. The van der Waals surface area contributed by atoms with Gasteiger partial charge in [0.05, 0.1) is 17.1 Å². The number of carbonyl (C=O) groups excluding carboxylic acids is 1. The maximum atomic E-state index is 12.8. The molecular weight excluding hydrogens is 266 g/mol. The normalized spacial score (nSPS) is 22.2. The molecule has 3 heterocycles. The Labute approximate surface area is 123 Å². The first kappa shape index (κ1) is 14.0. The summed E-state index contributed by atoms with van der Waals surface area (Å²) in [7, 11) is 1.84. The van der Waals surface area contributed by atoms with E-state index < -0.39 is 0 Å². The zero-order chi connectivity index (χ0) is 15.2. The Morgan fingerprint density at radius 1 is 1.52 bits per heavy atom. The van der Waals surface area contributed by atoms with Crippen LogP contribution in [0.25, 0.3) is 11.0 Å². The van der Waals surface area contributed by atoms with E-state index in [4.69, 9.17) is 5.73 Å². The van der Waals surface area contributed by atoms with Crippen molar-refractivity contribution in [2.75, 3.05) is 19.6 Å². The van der Waals surface area contributed by atoms with Gasteiger partial charge in [-0.05, 0) is 31.4 Å². The van der Waals surface area contributed by atoms with Gasteiger partial charge in [-0.25, -0.2) is 4.98 Å². The number of carbonyl (C=O) groups is 1. The van der Waals surface area contributed by atoms with Gasteiger partial charge >= 0.3 is 0 Å². The molecule has 0 spiro atoms. The predicted molar refractivity (Wildman–Crippen MR) is 80.9 cm³/mol. The van der Waals surface area contributed by atoms with Crippen molar-refractivity contribution in [2.24, 2.45) is 18.2 Å². The summed E-state index contributed by atoms with van der Waals surface area (Å²) >= 11 is 0. The molecule has 0 aliphatic carbocycles. The van der Waals surface area contributed by atoms with Gasteiger partial charge in [-0.3, -0.25) is 9.48 Å². The van der Waals surface area contributed by atoms with Gasteiger partial charge in [0.1, 0.15) is 0 Å². The maximum Gasteiger partial charge on any atom is 0.254 e. The Balaban J connectivity index is 1.99. The number of aromatic nitrogens is 3. The number of amides is 1. The number of nitrogens with zero attached hydrogens (tertiary/aromatic N) is 4. The van der Waals surface area contributed by atoms with Crippen LogP contribution in [-0.2, 0) is 7.05 Å². The lowest BCUT2D eigenvalue weighted by Gasteiger charge is -2.22. The first-order valence-corrected chi connectivity index (χ1v) is 7.22. The van der Waals surface area contributed by atoms with Gasteiger partial charge in [-0.15, -0.1) is 0 Å². The Kier molecular flexibility index (Phi) is 3.20. The summed E-state index contributed by atoms with van der Waals surface area (Å²) in [6.45, 7) is 6.12. The third kappa shape index (κ3) is 2.29. The summed E-state index contributed by atoms with van der Waals surface area (Å²) in [5.41, 5.74) is 8.12. The lowest BCUT2D eigenvalue weighted by Crippen LogP contribution is -2.34. The molecule has 1 amide bonds. The van der Waals surface area contributed by atoms with Crippen molar-refractivity contribution in [3.05, 3.63) is 23.5 Å². The molecule has 1 atom stereocenters. The van der Waals surface area contributed by atoms with Crippen molar-refractivity contribution in [1.82, 2.24) is 19.7 Å². The van der Waals surface area contributed by atoms with Crippen LogP contribution >= 0.6 is 0 Å². The molecule has 6 nitrogen and oxygen atoms in total. The van der Waals surface area contributed by atoms with Crippen LogP contribution in [0.4, 0.5) is 0 Å². The summed E-state index contributed by atoms with van der Waals surface area (Å²) in [5.74, 6) is 0.0516. The van der Waals surface area contributed by atoms with Crippen molar-refractivity contribution in [3.8, 4) is 0 Å². The van der Waals surface area contributed by atoms with E-state index in [2.05, 4.69) is 17.0 Å². The van der Waals surface area contributed by atoms with Crippen molar-refractivity contribution in [3.63, 3.8) is 0 Å². The largest absolute Gasteiger partial charge is 0.338 e. The molecule has 112 valence electrons. The molecule has 1 aliphatic heterocycles. The second-order valence-corrected chi connectivity index (χ2v) is 6.31. The van der Waals surface area contributed by atoms with E-state index in [0.717, 1.165) is 29.7 Å². The van der Waals surface area contributed by atoms with E-state index in [9.17, 15) is 4.79 Å². The molecule has 0 bridgehead atoms. The van der Waals surface area contributed by atoms with Crippen molar-refractivity contribution >= 4 is 16.9 Å². The molecule has 1 unspecified atom stereocenters. The Bertz CT molecular complexity index is 707. The predicted octanol–water partition coefficient (Wildman–Crippen LogP) is 1.09. The molecule has 0 aromatic carbocycles. The van der Waals surface area contributed by atoms with Gasteiger partial charge < -0.3 is 10.6 Å². The highest BCUT2D eigenvalue weighted by Crippen LogP contribution is 2.30. The van der Waals surface area contributed by atoms with Crippen LogP contribution in [0, 0.1) is 12.3 Å². The molecule has 2 aromatic rings. The van der Waals surface area contributed by atoms with Crippen LogP contribution in [0.5, 0.6) is 0 Å². The molecule has 1 saturated heterocycles. The standard InChI is InChI=1S/C15H21N5O/c1-10-6-11(12-7-17-19(3)13(12)18-10)14(21)20-5-4-15(2,8-16)9-20/h6-7H,4-5,8-9,16H2,1-3H3. The summed E-state index contributed by atoms with van der Waals surface area (Å²) < 4.78 is 1.70. The van der Waals surface area contributed by atoms with Crippen LogP contribution in [0.2, 0.25) is 0 Å². The number of nitrogens with two attached hydrogens (primary N) is 1. The minimum absolute atomic E-state index is 0.0335. The number of aryl methyl sites for hydroxylation is 2. The van der Waals surface area contributed by atoms with E-state index >= 15 is 0 Å². The van der Waals surface area contributed by atoms with Crippen LogP contribution in [0.1, 0.15) is 29.4 Å². The number of fused-ring (bicyclic) bond motifs is 1. The second-order valence-electron chi connectivity index (χ2n) is 6.31. The smallest absolute Gasteiger partial charge is 0.254 e. The summed E-state index contributed by atoms with van der Waals surface area (Å²) in [6.07, 6.45) is 2.67. The quantitative estimate of drug-likeness (QED) is 0.897. The van der Waals surface area contributed by atoms with Crippen molar-refractivity contribution < 1.29 is 4.79 Å². The Hall–Kier alpha value is -1.95. The van der Waals surface area contributed by atoms with E-state index in [1.165, 1.54) is 0 Å². The zero-order valence-corrected chi connectivity index (χ0v) is 12.8. The SMILES string of the molecule is Cc1cc(C(=O)N2CCC(C)(CN)C2)c2cnn(C)c2n1. The summed E-state index contributed by atoms with van der Waals surface area (Å²) in [4.78, 5) is 19.2. The number of rotatable bonds is 2. The summed E-state index contributed by atoms with van der Waals surface area (Å²) in [5, 5.41) is 5.03. The van der Waals surface area contributed by atoms with E-state index in [1.54, 1.807) is 10.9 Å². The third-order valence-electron chi connectivity index (χ3n) is 4.40. The maximum absolute atomic E-state index is 12.8. The molecule has 6 heteroatoms. The minimum Gasteiger partial charge on any atom is -0.338 e. The second kappa shape index (κ2) is 4.80. The number of pyridine rings is 1. The molecular formula is C15H21N5O. The fourth-order valence-electron chi connectivity index (χ4n) is 2.95. The fourth-order valence-corrected chi connectivity index (χ4v) is 2.95. The lowest BCUT2D eigenvalue weighted by molar-refractivity contribution is 0.0778. The van der Waals surface area contributed by atoms with Crippen LogP contribution in [0.3, 0.4) is 0 Å². The van der Waals surface area contributed by atoms with Crippen LogP contribution < -0.4 is 5.73 Å². The van der Waals surface area contributed by atoms with E-state index in [-0.39, 0.29) is 11.3 Å². The third-order valence-corrected chi connectivity index (χ3v) is 4.40. The average Bonchev–Trinajstić information content (AvgIpc) is 3.03. The van der Waals surface area contributed by atoms with E-state index in [1.807, 2.05) is 24.9 Å². The molecule has 3 rings (SSSR count).